The number of hydrogen-bond donors (Lipinski definition) is 1. The Morgan fingerprint density at radius 1 is 1.08 bits per heavy atom. The normalized spacial score (nSPS) is 15.6. The topological polar surface area (TPSA) is 43.5 Å². The maximum atomic E-state index is 11.6. The molecule has 4 heteroatoms. The molecule has 0 unspecified atom stereocenters. The van der Waals surface area contributed by atoms with Gasteiger partial charge >= 0.3 is 6.09 Å². The molecule has 0 bridgehead atoms. The molecular weight excluding hydrogens is 300 g/mol. The highest BCUT2D eigenvalue weighted by molar-refractivity contribution is 6.04. The highest BCUT2D eigenvalue weighted by atomic mass is 16.4. The van der Waals surface area contributed by atoms with Gasteiger partial charge in [-0.2, -0.15) is 4.58 Å². The van der Waals surface area contributed by atoms with Crippen LogP contribution in [0.4, 0.5) is 16.2 Å². The van der Waals surface area contributed by atoms with E-state index in [4.69, 9.17) is 0 Å². The van der Waals surface area contributed by atoms with Gasteiger partial charge in [0.1, 0.15) is 7.05 Å². The molecule has 1 heterocycles. The van der Waals surface area contributed by atoms with Crippen LogP contribution in [0.3, 0.4) is 0 Å². The lowest BCUT2D eigenvalue weighted by molar-refractivity contribution is -0.401. The van der Waals surface area contributed by atoms with Gasteiger partial charge in [-0.15, -0.1) is 0 Å². The van der Waals surface area contributed by atoms with Crippen molar-refractivity contribution in [3.05, 3.63) is 72.4 Å². The van der Waals surface area contributed by atoms with Crippen molar-refractivity contribution in [3.8, 4) is 0 Å². The predicted octanol–water partition coefficient (Wildman–Crippen LogP) is 4.39. The number of fused-ring (bicyclic) bond motifs is 1. The van der Waals surface area contributed by atoms with Gasteiger partial charge in [-0.1, -0.05) is 36.4 Å². The number of nitrogens with zero attached hydrogens (tertiary/aromatic N) is 2. The Kier molecular flexibility index (Phi) is 3.97. The maximum absolute atomic E-state index is 11.6. The Balaban J connectivity index is 2.00. The standard InChI is InChI=1S/C20H20N2O2/c1-20(2)16-11-7-8-12-17(16)21(3)18(20)13-14-22(19(23)24)15-9-5-4-6-10-15/h4-14H,1-3H3/p+1. The molecule has 0 atom stereocenters. The molecule has 4 nitrogen and oxygen atoms in total. The Bertz CT molecular complexity index is 836. The summed E-state index contributed by atoms with van der Waals surface area (Å²) in [6.45, 7) is 4.31. The van der Waals surface area contributed by atoms with Crippen LogP contribution in [0, 0.1) is 0 Å². The maximum Gasteiger partial charge on any atom is 0.415 e. The second kappa shape index (κ2) is 5.96. The summed E-state index contributed by atoms with van der Waals surface area (Å²) in [7, 11) is 2.01. The fourth-order valence-electron chi connectivity index (χ4n) is 3.30. The van der Waals surface area contributed by atoms with Crippen molar-refractivity contribution < 1.29 is 14.5 Å². The molecule has 2 aromatic carbocycles. The number of anilines is 1. The van der Waals surface area contributed by atoms with Crippen molar-refractivity contribution in [3.63, 3.8) is 0 Å². The van der Waals surface area contributed by atoms with Gasteiger partial charge in [0.2, 0.25) is 5.69 Å². The SMILES string of the molecule is C[N+]1=C(/C=C/N(C(=O)O)c2ccccc2)C(C)(C)c2ccccc21. The molecule has 0 saturated carbocycles. The van der Waals surface area contributed by atoms with Gasteiger partial charge in [0.25, 0.3) is 0 Å². The van der Waals surface area contributed by atoms with E-state index in [1.807, 2.05) is 43.5 Å². The first-order valence-electron chi connectivity index (χ1n) is 7.89. The van der Waals surface area contributed by atoms with Crippen LogP contribution in [0.1, 0.15) is 19.4 Å². The van der Waals surface area contributed by atoms with Crippen LogP contribution in [-0.2, 0) is 5.41 Å². The Morgan fingerprint density at radius 3 is 2.33 bits per heavy atom. The first kappa shape index (κ1) is 16.0. The highest BCUT2D eigenvalue weighted by Gasteiger charge is 2.42. The summed E-state index contributed by atoms with van der Waals surface area (Å²) in [4.78, 5) is 12.9. The molecule has 1 amide bonds. The van der Waals surface area contributed by atoms with E-state index in [0.29, 0.717) is 5.69 Å². The largest absolute Gasteiger partial charge is 0.464 e. The molecule has 0 fully saturated rings. The number of rotatable bonds is 3. The molecule has 0 aliphatic carbocycles. The number of carboxylic acid groups (broad SMARTS) is 1. The van der Waals surface area contributed by atoms with Gasteiger partial charge in [-0.05, 0) is 26.0 Å². The summed E-state index contributed by atoms with van der Waals surface area (Å²) >= 11 is 0. The first-order chi connectivity index (χ1) is 11.4. The van der Waals surface area contributed by atoms with Crippen molar-refractivity contribution in [2.75, 3.05) is 11.9 Å². The van der Waals surface area contributed by atoms with Gasteiger partial charge in [-0.3, -0.25) is 4.90 Å². The molecule has 0 spiro atoms. The molecule has 24 heavy (non-hydrogen) atoms. The minimum absolute atomic E-state index is 0.178. The average molecular weight is 321 g/mol. The van der Waals surface area contributed by atoms with Crippen LogP contribution >= 0.6 is 0 Å². The lowest BCUT2D eigenvalue weighted by atomic mass is 9.81. The molecule has 3 rings (SSSR count). The van der Waals surface area contributed by atoms with Gasteiger partial charge < -0.3 is 5.11 Å². The fourth-order valence-corrected chi connectivity index (χ4v) is 3.30. The van der Waals surface area contributed by atoms with E-state index in [1.165, 1.54) is 10.5 Å². The number of hydrogen-bond acceptors (Lipinski definition) is 1. The summed E-state index contributed by atoms with van der Waals surface area (Å²) in [6.07, 6.45) is 2.51. The molecule has 122 valence electrons. The Morgan fingerprint density at radius 2 is 1.71 bits per heavy atom. The molecule has 0 saturated heterocycles. The van der Waals surface area contributed by atoms with Crippen LogP contribution in [-0.4, -0.2) is 28.5 Å². The number of benzene rings is 2. The second-order valence-electron chi connectivity index (χ2n) is 6.39. The minimum atomic E-state index is -1.01. The third kappa shape index (κ3) is 2.60. The lowest BCUT2D eigenvalue weighted by Gasteiger charge is -2.17. The van der Waals surface area contributed by atoms with E-state index < -0.39 is 6.09 Å². The molecule has 2 aromatic rings. The van der Waals surface area contributed by atoms with E-state index in [9.17, 15) is 9.90 Å². The number of allylic oxidation sites excluding steroid dienone is 1. The van der Waals surface area contributed by atoms with Crippen molar-refractivity contribution in [2.45, 2.75) is 19.3 Å². The molecule has 1 N–H and O–H groups in total. The number of amides is 1. The summed E-state index contributed by atoms with van der Waals surface area (Å²) < 4.78 is 2.12. The van der Waals surface area contributed by atoms with E-state index in [2.05, 4.69) is 30.6 Å². The van der Waals surface area contributed by atoms with Gasteiger partial charge in [0, 0.05) is 23.9 Å². The van der Waals surface area contributed by atoms with E-state index in [1.54, 1.807) is 18.3 Å². The van der Waals surface area contributed by atoms with Crippen molar-refractivity contribution in [1.29, 1.82) is 0 Å². The molecule has 0 radical (unpaired) electrons. The second-order valence-corrected chi connectivity index (χ2v) is 6.39. The molecule has 1 aliphatic heterocycles. The Hall–Kier alpha value is -2.88. The minimum Gasteiger partial charge on any atom is -0.464 e. The predicted molar refractivity (Wildman–Crippen MR) is 96.4 cm³/mol. The van der Waals surface area contributed by atoms with Crippen molar-refractivity contribution in [1.82, 2.24) is 0 Å². The summed E-state index contributed by atoms with van der Waals surface area (Å²) in [6, 6.07) is 17.3. The zero-order valence-electron chi connectivity index (χ0n) is 14.1. The molecule has 1 aliphatic rings. The monoisotopic (exact) mass is 321 g/mol. The van der Waals surface area contributed by atoms with Gasteiger partial charge in [0.15, 0.2) is 5.71 Å². The third-order valence-electron chi connectivity index (χ3n) is 4.56. The molecular formula is C20H21N2O2+. The molecule has 0 aromatic heterocycles. The third-order valence-corrected chi connectivity index (χ3v) is 4.56. The van der Waals surface area contributed by atoms with Gasteiger partial charge in [-0.25, -0.2) is 4.79 Å². The van der Waals surface area contributed by atoms with Crippen molar-refractivity contribution >= 4 is 23.2 Å². The van der Waals surface area contributed by atoms with Crippen LogP contribution in [0.15, 0.2) is 66.9 Å². The first-order valence-corrected chi connectivity index (χ1v) is 7.89. The van der Waals surface area contributed by atoms with E-state index in [-0.39, 0.29) is 5.41 Å². The fraction of sp³-hybridized carbons (Fsp3) is 0.200. The van der Waals surface area contributed by atoms with Crippen LogP contribution in [0.25, 0.3) is 0 Å². The zero-order chi connectivity index (χ0) is 17.3. The quantitative estimate of drug-likeness (QED) is 0.852. The number of carbonyl (C=O) groups is 1. The zero-order valence-corrected chi connectivity index (χ0v) is 14.1. The number of para-hydroxylation sites is 2. The van der Waals surface area contributed by atoms with Crippen molar-refractivity contribution in [2.24, 2.45) is 0 Å². The Labute approximate surface area is 142 Å². The van der Waals surface area contributed by atoms with Crippen LogP contribution in [0.2, 0.25) is 0 Å². The highest BCUT2D eigenvalue weighted by Crippen LogP contribution is 2.39. The van der Waals surface area contributed by atoms with E-state index >= 15 is 0 Å². The average Bonchev–Trinajstić information content (AvgIpc) is 2.76. The smallest absolute Gasteiger partial charge is 0.415 e. The van der Waals surface area contributed by atoms with Gasteiger partial charge in [0.05, 0.1) is 11.1 Å². The summed E-state index contributed by atoms with van der Waals surface area (Å²) in [5.41, 5.74) is 3.91. The summed E-state index contributed by atoms with van der Waals surface area (Å²) in [5, 5.41) is 9.52. The summed E-state index contributed by atoms with van der Waals surface area (Å²) in [5.74, 6) is 0. The lowest BCUT2D eigenvalue weighted by Crippen LogP contribution is -2.29. The van der Waals surface area contributed by atoms with Crippen LogP contribution < -0.4 is 4.90 Å². The van der Waals surface area contributed by atoms with E-state index in [0.717, 1.165) is 11.4 Å². The van der Waals surface area contributed by atoms with Crippen LogP contribution in [0.5, 0.6) is 0 Å².